The van der Waals surface area contributed by atoms with E-state index in [2.05, 4.69) is 18.5 Å². The molecule has 0 radical (unpaired) electrons. The number of hydrogen-bond acceptors (Lipinski definition) is 7. The van der Waals surface area contributed by atoms with E-state index >= 15 is 0 Å². The molecule has 2 N–H and O–H groups in total. The molecule has 2 bridgehead atoms. The summed E-state index contributed by atoms with van der Waals surface area (Å²) in [4.78, 5) is 59.1. The van der Waals surface area contributed by atoms with Crippen molar-refractivity contribution >= 4 is 29.4 Å². The van der Waals surface area contributed by atoms with Gasteiger partial charge in [-0.2, -0.15) is 0 Å². The average Bonchev–Trinajstić information content (AvgIpc) is 3.72. The molecule has 3 saturated heterocycles. The predicted octanol–water partition coefficient (Wildman–Crippen LogP) is 4.34. The van der Waals surface area contributed by atoms with Gasteiger partial charge in [-0.25, -0.2) is 0 Å². The number of para-hydroxylation sites is 1. The van der Waals surface area contributed by atoms with Gasteiger partial charge < -0.3 is 29.7 Å². The number of unbranched alkanes of at least 4 members (excludes halogenated alkanes) is 1. The van der Waals surface area contributed by atoms with Crippen molar-refractivity contribution in [2.75, 3.05) is 31.2 Å². The van der Waals surface area contributed by atoms with Gasteiger partial charge in [0, 0.05) is 31.8 Å². The smallest absolute Gasteiger partial charge is 0.306 e. The summed E-state index contributed by atoms with van der Waals surface area (Å²) in [7, 11) is 0. The van der Waals surface area contributed by atoms with Gasteiger partial charge in [0.15, 0.2) is 0 Å². The van der Waals surface area contributed by atoms with Gasteiger partial charge >= 0.3 is 5.97 Å². The zero-order valence-corrected chi connectivity index (χ0v) is 27.9. The number of carbonyl (C=O) groups is 4. The lowest BCUT2D eigenvalue weighted by atomic mass is 9.70. The maximum atomic E-state index is 14.8. The molecule has 3 fully saturated rings. The molecule has 0 unspecified atom stereocenters. The third-order valence-electron chi connectivity index (χ3n) is 9.91. The highest BCUT2D eigenvalue weighted by Gasteiger charge is 2.74. The Morgan fingerprint density at radius 2 is 1.83 bits per heavy atom. The van der Waals surface area contributed by atoms with Crippen LogP contribution in [0.3, 0.4) is 0 Å². The Labute approximate surface area is 282 Å². The number of likely N-dealkylation sites (tertiary alicyclic amines) is 1. The van der Waals surface area contributed by atoms with Gasteiger partial charge in [-0.05, 0) is 62.6 Å². The van der Waals surface area contributed by atoms with Crippen LogP contribution in [-0.4, -0.2) is 77.7 Å². The highest BCUT2D eigenvalue weighted by Crippen LogP contribution is 2.59. The molecule has 256 valence electrons. The topological polar surface area (TPSA) is 125 Å². The number of amides is 3. The number of anilines is 1. The molecular weight excluding hydrogens is 610 g/mol. The Kier molecular flexibility index (Phi) is 11.2. The number of aryl methyl sites for hydroxylation is 2. The summed E-state index contributed by atoms with van der Waals surface area (Å²) in [5.74, 6) is -3.04. The van der Waals surface area contributed by atoms with E-state index < -0.39 is 41.6 Å². The largest absolute Gasteiger partial charge is 0.463 e. The van der Waals surface area contributed by atoms with Crippen molar-refractivity contribution in [3.8, 4) is 0 Å². The maximum absolute atomic E-state index is 14.8. The SMILES string of the molecule is C=CCCC(=O)OC[C@H](NC(=O)[C@@H]1[C@H]2C(=O)N(CCCCO)[C@H](C(=O)N(CC=C)c3c(C)cccc3C)[C@]23CC[C@H]1O3)c1ccccc1. The van der Waals surface area contributed by atoms with E-state index in [9.17, 15) is 24.3 Å². The average molecular weight is 658 g/mol. The molecule has 5 rings (SSSR count). The summed E-state index contributed by atoms with van der Waals surface area (Å²) >= 11 is 0. The Balaban J connectivity index is 1.47. The maximum Gasteiger partial charge on any atom is 0.306 e. The Morgan fingerprint density at radius 3 is 2.50 bits per heavy atom. The van der Waals surface area contributed by atoms with Crippen LogP contribution >= 0.6 is 0 Å². The van der Waals surface area contributed by atoms with Gasteiger partial charge in [-0.15, -0.1) is 13.2 Å². The summed E-state index contributed by atoms with van der Waals surface area (Å²) in [6, 6.07) is 13.5. The van der Waals surface area contributed by atoms with Crippen LogP contribution in [0.2, 0.25) is 0 Å². The van der Waals surface area contributed by atoms with Crippen molar-refractivity contribution in [3.05, 3.63) is 90.5 Å². The molecule has 3 aliphatic heterocycles. The van der Waals surface area contributed by atoms with E-state index in [1.165, 1.54) is 0 Å². The summed E-state index contributed by atoms with van der Waals surface area (Å²) in [6.45, 7) is 11.8. The second kappa shape index (κ2) is 15.3. The number of fused-ring (bicyclic) bond motifs is 1. The quantitative estimate of drug-likeness (QED) is 0.156. The third-order valence-corrected chi connectivity index (χ3v) is 9.91. The number of ether oxygens (including phenoxy) is 2. The van der Waals surface area contributed by atoms with Crippen molar-refractivity contribution < 1.29 is 33.8 Å². The number of carbonyl (C=O) groups excluding carboxylic acids is 4. The van der Waals surface area contributed by atoms with Crippen LogP contribution < -0.4 is 10.2 Å². The standard InChI is InChI=1S/C38H47N3O7/c1-5-7-18-30(43)47-24-28(27-16-9-8-10-17-27)39-35(44)31-29-19-20-38(48-29)32(31)36(45)41(22-11-12-23-42)34(38)37(46)40(21-6-2)33-25(3)14-13-15-26(33)4/h5-6,8-10,13-17,28-29,31-32,34,42H,1-2,7,11-12,18-24H2,3-4H3,(H,39,44)/t28-,29+,31-,32-,34+,38-/m0/s1. The fraction of sp³-hybridized carbons (Fsp3) is 0.474. The predicted molar refractivity (Wildman–Crippen MR) is 182 cm³/mol. The van der Waals surface area contributed by atoms with E-state index in [0.29, 0.717) is 32.1 Å². The number of nitrogens with zero attached hydrogens (tertiary/aromatic N) is 2. The van der Waals surface area contributed by atoms with E-state index in [4.69, 9.17) is 9.47 Å². The second-order valence-corrected chi connectivity index (χ2v) is 13.0. The number of nitrogens with one attached hydrogen (secondary N) is 1. The number of aliphatic hydroxyl groups is 1. The van der Waals surface area contributed by atoms with Gasteiger partial charge in [0.2, 0.25) is 11.8 Å². The van der Waals surface area contributed by atoms with Crippen LogP contribution in [-0.2, 0) is 28.7 Å². The van der Waals surface area contributed by atoms with Crippen molar-refractivity contribution in [2.24, 2.45) is 11.8 Å². The van der Waals surface area contributed by atoms with Gasteiger partial charge in [-0.1, -0.05) is 60.7 Å². The normalized spacial score (nSPS) is 24.6. The number of hydrogen-bond donors (Lipinski definition) is 2. The Bertz CT molecular complexity index is 1510. The van der Waals surface area contributed by atoms with Crippen molar-refractivity contribution in [1.82, 2.24) is 10.2 Å². The fourth-order valence-electron chi connectivity index (χ4n) is 7.81. The van der Waals surface area contributed by atoms with Gasteiger partial charge in [-0.3, -0.25) is 19.2 Å². The van der Waals surface area contributed by atoms with Gasteiger partial charge in [0.1, 0.15) is 18.2 Å². The summed E-state index contributed by atoms with van der Waals surface area (Å²) in [5, 5.41) is 12.6. The minimum atomic E-state index is -1.19. The lowest BCUT2D eigenvalue weighted by molar-refractivity contribution is -0.146. The molecule has 0 aromatic heterocycles. The number of allylic oxidation sites excluding steroid dienone is 1. The first kappa shape index (κ1) is 35.0. The molecular formula is C38H47N3O7. The van der Waals surface area contributed by atoms with E-state index in [0.717, 1.165) is 22.4 Å². The summed E-state index contributed by atoms with van der Waals surface area (Å²) in [5.41, 5.74) is 2.17. The van der Waals surface area contributed by atoms with Crippen LogP contribution in [0, 0.1) is 25.7 Å². The molecule has 6 atom stereocenters. The molecule has 2 aromatic rings. The van der Waals surface area contributed by atoms with Gasteiger partial charge in [0.25, 0.3) is 5.91 Å². The number of esters is 1. The summed E-state index contributed by atoms with van der Waals surface area (Å²) < 4.78 is 12.2. The highest BCUT2D eigenvalue weighted by atomic mass is 16.5. The van der Waals surface area contributed by atoms with E-state index in [1.54, 1.807) is 22.0 Å². The third kappa shape index (κ3) is 6.69. The number of aliphatic hydroxyl groups excluding tert-OH is 1. The molecule has 10 nitrogen and oxygen atoms in total. The van der Waals surface area contributed by atoms with Crippen LogP contribution in [0.15, 0.2) is 73.8 Å². The molecule has 0 saturated carbocycles. The first-order chi connectivity index (χ1) is 23.2. The molecule has 3 heterocycles. The molecule has 3 aliphatic rings. The molecule has 3 amide bonds. The van der Waals surface area contributed by atoms with Gasteiger partial charge in [0.05, 0.1) is 24.0 Å². The zero-order chi connectivity index (χ0) is 34.4. The first-order valence-corrected chi connectivity index (χ1v) is 16.9. The van der Waals surface area contributed by atoms with Crippen LogP contribution in [0.4, 0.5) is 5.69 Å². The molecule has 2 aromatic carbocycles. The van der Waals surface area contributed by atoms with Crippen molar-refractivity contribution in [2.45, 2.75) is 76.2 Å². The molecule has 10 heteroatoms. The fourth-order valence-corrected chi connectivity index (χ4v) is 7.81. The lowest BCUT2D eigenvalue weighted by Crippen LogP contribution is -2.57. The summed E-state index contributed by atoms with van der Waals surface area (Å²) in [6.07, 6.45) is 5.37. The lowest BCUT2D eigenvalue weighted by Gasteiger charge is -2.37. The minimum absolute atomic E-state index is 0.0388. The zero-order valence-electron chi connectivity index (χ0n) is 27.9. The monoisotopic (exact) mass is 657 g/mol. The number of benzene rings is 2. The van der Waals surface area contributed by atoms with E-state index in [-0.39, 0.29) is 50.4 Å². The number of rotatable bonds is 16. The second-order valence-electron chi connectivity index (χ2n) is 13.0. The molecule has 48 heavy (non-hydrogen) atoms. The molecule has 1 spiro atoms. The van der Waals surface area contributed by atoms with Crippen molar-refractivity contribution in [3.63, 3.8) is 0 Å². The van der Waals surface area contributed by atoms with Crippen LogP contribution in [0.1, 0.15) is 61.3 Å². The Morgan fingerprint density at radius 1 is 1.10 bits per heavy atom. The Hall–Kier alpha value is -4.28. The minimum Gasteiger partial charge on any atom is -0.463 e. The van der Waals surface area contributed by atoms with Crippen LogP contribution in [0.25, 0.3) is 0 Å². The highest BCUT2D eigenvalue weighted by molar-refractivity contribution is 6.05. The van der Waals surface area contributed by atoms with E-state index in [1.807, 2.05) is 62.4 Å². The first-order valence-electron chi connectivity index (χ1n) is 16.9. The molecule has 0 aliphatic carbocycles. The van der Waals surface area contributed by atoms with Crippen LogP contribution in [0.5, 0.6) is 0 Å². The van der Waals surface area contributed by atoms with Crippen molar-refractivity contribution in [1.29, 1.82) is 0 Å².